The summed E-state index contributed by atoms with van der Waals surface area (Å²) in [5, 5.41) is 18.7. The molecule has 118 valence electrons. The maximum atomic E-state index is 12.1. The van der Waals surface area contributed by atoms with E-state index in [4.69, 9.17) is 4.52 Å². The van der Waals surface area contributed by atoms with E-state index >= 15 is 0 Å². The molecular weight excluding hydrogens is 314 g/mol. The molecule has 3 rings (SSSR count). The van der Waals surface area contributed by atoms with Crippen LogP contribution in [0.5, 0.6) is 0 Å². The molecule has 2 N–H and O–H groups in total. The lowest BCUT2D eigenvalue weighted by Crippen LogP contribution is -2.38. The predicted molar refractivity (Wildman–Crippen MR) is 86.0 cm³/mol. The van der Waals surface area contributed by atoms with Gasteiger partial charge in [-0.3, -0.25) is 9.78 Å². The van der Waals surface area contributed by atoms with Crippen molar-refractivity contribution >= 4 is 17.2 Å². The molecule has 0 saturated heterocycles. The quantitative estimate of drug-likeness (QED) is 0.750. The van der Waals surface area contributed by atoms with Crippen molar-refractivity contribution in [2.24, 2.45) is 0 Å². The fourth-order valence-electron chi connectivity index (χ4n) is 2.04. The molecule has 1 unspecified atom stereocenters. The number of nitrogens with zero attached hydrogens (tertiary/aromatic N) is 2. The van der Waals surface area contributed by atoms with Crippen LogP contribution in [0, 0.1) is 0 Å². The number of aromatic nitrogens is 2. The lowest BCUT2D eigenvalue weighted by Gasteiger charge is -2.21. The SMILES string of the molecule is CC(O)(CNC(=O)c1cc(-c2cccnc2)on1)c1cccs1. The lowest BCUT2D eigenvalue weighted by atomic mass is 10.1. The minimum Gasteiger partial charge on any atom is -0.383 e. The van der Waals surface area contributed by atoms with Crippen LogP contribution < -0.4 is 5.32 Å². The summed E-state index contributed by atoms with van der Waals surface area (Å²) in [6, 6.07) is 8.82. The topological polar surface area (TPSA) is 88.2 Å². The Bertz CT molecular complexity index is 782. The van der Waals surface area contributed by atoms with E-state index in [0.29, 0.717) is 5.76 Å². The van der Waals surface area contributed by atoms with Gasteiger partial charge in [-0.05, 0) is 30.5 Å². The predicted octanol–water partition coefficient (Wildman–Crippen LogP) is 2.44. The van der Waals surface area contributed by atoms with E-state index in [0.717, 1.165) is 10.4 Å². The van der Waals surface area contributed by atoms with Crippen LogP contribution in [-0.4, -0.2) is 27.7 Å². The molecule has 0 aromatic carbocycles. The van der Waals surface area contributed by atoms with E-state index < -0.39 is 11.5 Å². The number of carbonyl (C=O) groups excluding carboxylic acids is 1. The summed E-state index contributed by atoms with van der Waals surface area (Å²) >= 11 is 1.44. The Kier molecular flexibility index (Phi) is 4.22. The standard InChI is InChI=1S/C16H15N3O3S/c1-16(21,14-5-3-7-23-14)10-18-15(20)12-8-13(22-19-12)11-4-2-6-17-9-11/h2-9,21H,10H2,1H3,(H,18,20). The molecule has 1 amide bonds. The molecule has 0 aliphatic rings. The number of hydrogen-bond donors (Lipinski definition) is 2. The van der Waals surface area contributed by atoms with Crippen molar-refractivity contribution in [1.29, 1.82) is 0 Å². The van der Waals surface area contributed by atoms with Gasteiger partial charge < -0.3 is 14.9 Å². The third kappa shape index (κ3) is 3.46. The zero-order valence-corrected chi connectivity index (χ0v) is 13.2. The van der Waals surface area contributed by atoms with E-state index in [-0.39, 0.29) is 12.2 Å². The Labute approximate surface area is 136 Å². The number of nitrogens with one attached hydrogen (secondary N) is 1. The van der Waals surface area contributed by atoms with Gasteiger partial charge in [-0.1, -0.05) is 11.2 Å². The first-order valence-electron chi connectivity index (χ1n) is 6.98. The number of aliphatic hydroxyl groups is 1. The largest absolute Gasteiger partial charge is 0.383 e. The molecule has 0 spiro atoms. The van der Waals surface area contributed by atoms with Crippen molar-refractivity contribution in [2.45, 2.75) is 12.5 Å². The molecule has 3 aromatic rings. The van der Waals surface area contributed by atoms with Gasteiger partial charge >= 0.3 is 0 Å². The van der Waals surface area contributed by atoms with Crippen LogP contribution in [0.15, 0.2) is 52.6 Å². The molecule has 0 aliphatic carbocycles. The van der Waals surface area contributed by atoms with E-state index in [1.54, 1.807) is 31.5 Å². The zero-order chi connectivity index (χ0) is 16.3. The van der Waals surface area contributed by atoms with Gasteiger partial charge in [-0.2, -0.15) is 0 Å². The van der Waals surface area contributed by atoms with Crippen molar-refractivity contribution in [3.8, 4) is 11.3 Å². The monoisotopic (exact) mass is 329 g/mol. The molecule has 0 fully saturated rings. The van der Waals surface area contributed by atoms with Crippen molar-refractivity contribution < 1.29 is 14.4 Å². The van der Waals surface area contributed by atoms with Gasteiger partial charge in [0.05, 0.1) is 6.54 Å². The second kappa shape index (κ2) is 6.31. The van der Waals surface area contributed by atoms with Crippen LogP contribution in [0.4, 0.5) is 0 Å². The minimum absolute atomic E-state index is 0.0848. The highest BCUT2D eigenvalue weighted by molar-refractivity contribution is 7.10. The first kappa shape index (κ1) is 15.4. The van der Waals surface area contributed by atoms with Gasteiger partial charge in [-0.25, -0.2) is 0 Å². The molecule has 0 radical (unpaired) electrons. The lowest BCUT2D eigenvalue weighted by molar-refractivity contribution is 0.0554. The number of rotatable bonds is 5. The van der Waals surface area contributed by atoms with Crippen LogP contribution in [0.3, 0.4) is 0 Å². The van der Waals surface area contributed by atoms with Crippen LogP contribution in [0.1, 0.15) is 22.3 Å². The summed E-state index contributed by atoms with van der Waals surface area (Å²) in [6.07, 6.45) is 3.28. The van der Waals surface area contributed by atoms with Crippen LogP contribution in [-0.2, 0) is 5.60 Å². The number of hydrogen-bond acceptors (Lipinski definition) is 6. The normalized spacial score (nSPS) is 13.5. The van der Waals surface area contributed by atoms with Crippen LogP contribution >= 0.6 is 11.3 Å². The third-order valence-electron chi connectivity index (χ3n) is 3.33. The smallest absolute Gasteiger partial charge is 0.273 e. The van der Waals surface area contributed by atoms with Gasteiger partial charge in [-0.15, -0.1) is 11.3 Å². The molecule has 0 aliphatic heterocycles. The summed E-state index contributed by atoms with van der Waals surface area (Å²) in [5.74, 6) is 0.0639. The molecule has 0 bridgehead atoms. The zero-order valence-electron chi connectivity index (χ0n) is 12.4. The van der Waals surface area contributed by atoms with Crippen LogP contribution in [0.2, 0.25) is 0 Å². The molecule has 23 heavy (non-hydrogen) atoms. The first-order chi connectivity index (χ1) is 11.1. The highest BCUT2D eigenvalue weighted by Crippen LogP contribution is 2.24. The maximum absolute atomic E-state index is 12.1. The number of amides is 1. The Morgan fingerprint density at radius 3 is 3.00 bits per heavy atom. The fourth-order valence-corrected chi connectivity index (χ4v) is 2.83. The summed E-state index contributed by atoms with van der Waals surface area (Å²) in [5.41, 5.74) is -0.227. The van der Waals surface area contributed by atoms with Gasteiger partial charge in [0, 0.05) is 28.9 Å². The summed E-state index contributed by atoms with van der Waals surface area (Å²) in [6.45, 7) is 1.74. The first-order valence-corrected chi connectivity index (χ1v) is 7.86. The van der Waals surface area contributed by atoms with Gasteiger partial charge in [0.25, 0.3) is 5.91 Å². The second-order valence-electron chi connectivity index (χ2n) is 5.25. The van der Waals surface area contributed by atoms with Crippen molar-refractivity contribution in [3.63, 3.8) is 0 Å². The Morgan fingerprint density at radius 2 is 2.30 bits per heavy atom. The summed E-state index contributed by atoms with van der Waals surface area (Å²) in [7, 11) is 0. The Hall–Kier alpha value is -2.51. The molecule has 0 saturated carbocycles. The minimum atomic E-state index is -1.13. The summed E-state index contributed by atoms with van der Waals surface area (Å²) < 4.78 is 5.16. The van der Waals surface area contributed by atoms with E-state index in [1.165, 1.54) is 11.3 Å². The maximum Gasteiger partial charge on any atom is 0.273 e. The molecule has 6 nitrogen and oxygen atoms in total. The number of pyridine rings is 1. The molecule has 3 heterocycles. The third-order valence-corrected chi connectivity index (χ3v) is 4.46. The van der Waals surface area contributed by atoms with E-state index in [2.05, 4.69) is 15.5 Å². The Balaban J connectivity index is 1.66. The molecule has 1 atom stereocenters. The van der Waals surface area contributed by atoms with E-state index in [9.17, 15) is 9.90 Å². The molecule has 7 heteroatoms. The number of thiophene rings is 1. The summed E-state index contributed by atoms with van der Waals surface area (Å²) in [4.78, 5) is 16.9. The highest BCUT2D eigenvalue weighted by atomic mass is 32.1. The van der Waals surface area contributed by atoms with Gasteiger partial charge in [0.2, 0.25) is 0 Å². The van der Waals surface area contributed by atoms with E-state index in [1.807, 2.05) is 23.6 Å². The molecular formula is C16H15N3O3S. The average Bonchev–Trinajstić information content (AvgIpc) is 3.25. The van der Waals surface area contributed by atoms with Crippen molar-refractivity contribution in [2.75, 3.05) is 6.54 Å². The highest BCUT2D eigenvalue weighted by Gasteiger charge is 2.25. The van der Waals surface area contributed by atoms with Gasteiger partial charge in [0.15, 0.2) is 11.5 Å². The average molecular weight is 329 g/mol. The van der Waals surface area contributed by atoms with Gasteiger partial charge in [0.1, 0.15) is 5.60 Å². The van der Waals surface area contributed by atoms with Crippen LogP contribution in [0.25, 0.3) is 11.3 Å². The number of carbonyl (C=O) groups is 1. The second-order valence-corrected chi connectivity index (χ2v) is 6.20. The molecule has 3 aromatic heterocycles. The Morgan fingerprint density at radius 1 is 1.43 bits per heavy atom. The van der Waals surface area contributed by atoms with Crippen molar-refractivity contribution in [3.05, 3.63) is 58.7 Å². The van der Waals surface area contributed by atoms with Crippen molar-refractivity contribution in [1.82, 2.24) is 15.5 Å². The fraction of sp³-hybridized carbons (Fsp3) is 0.188.